The number of carbonyl (C=O) groups is 2. The van der Waals surface area contributed by atoms with Gasteiger partial charge in [0.15, 0.2) is 12.4 Å². The van der Waals surface area contributed by atoms with Gasteiger partial charge in [-0.1, -0.05) is 18.2 Å². The van der Waals surface area contributed by atoms with Crippen molar-refractivity contribution in [2.24, 2.45) is 0 Å². The lowest BCUT2D eigenvalue weighted by molar-refractivity contribution is -0.130. The van der Waals surface area contributed by atoms with Gasteiger partial charge in [0.25, 0.3) is 11.8 Å². The van der Waals surface area contributed by atoms with Crippen LogP contribution in [0, 0.1) is 0 Å². The molecule has 0 atom stereocenters. The minimum atomic E-state index is -0.340. The van der Waals surface area contributed by atoms with Gasteiger partial charge in [0, 0.05) is 31.3 Å². The second kappa shape index (κ2) is 8.92. The monoisotopic (exact) mass is 394 g/mol. The number of nitrogens with zero attached hydrogens (tertiary/aromatic N) is 2. The van der Waals surface area contributed by atoms with E-state index in [1.165, 1.54) is 4.90 Å². The van der Waals surface area contributed by atoms with Crippen LogP contribution in [-0.4, -0.2) is 54.7 Å². The summed E-state index contributed by atoms with van der Waals surface area (Å²) < 4.78 is 10.8. The molecule has 0 fully saturated rings. The first kappa shape index (κ1) is 19.9. The highest BCUT2D eigenvalue weighted by Gasteiger charge is 2.13. The normalized spacial score (nSPS) is 10.3. The number of anilines is 1. The van der Waals surface area contributed by atoms with Crippen LogP contribution in [0.4, 0.5) is 5.82 Å². The van der Waals surface area contributed by atoms with Crippen LogP contribution >= 0.6 is 0 Å². The molecule has 2 amide bonds. The Morgan fingerprint density at radius 1 is 1.10 bits per heavy atom. The summed E-state index contributed by atoms with van der Waals surface area (Å²) in [4.78, 5) is 25.6. The SMILES string of the molecule is COc1ccccc1-c1cc(NC(=O)c2cccc(OCC(=O)N(C)C)c2)n[nH]1. The molecule has 0 unspecified atom stereocenters. The first-order valence-electron chi connectivity index (χ1n) is 8.91. The molecule has 0 aliphatic rings. The zero-order valence-corrected chi connectivity index (χ0v) is 16.4. The zero-order chi connectivity index (χ0) is 20.8. The standard InChI is InChI=1S/C21H22N4O4/c1-25(2)20(26)13-29-15-8-6-7-14(11-15)21(27)22-19-12-17(23-24-19)16-9-4-5-10-18(16)28-3/h4-12H,13H2,1-3H3,(H2,22,23,24,27). The summed E-state index contributed by atoms with van der Waals surface area (Å²) in [6, 6.07) is 15.9. The van der Waals surface area contributed by atoms with Crippen molar-refractivity contribution in [2.45, 2.75) is 0 Å². The van der Waals surface area contributed by atoms with Crippen LogP contribution in [0.25, 0.3) is 11.3 Å². The Kier molecular flexibility index (Phi) is 6.13. The maximum absolute atomic E-state index is 12.6. The number of aromatic amines is 1. The van der Waals surface area contributed by atoms with Gasteiger partial charge in [0.05, 0.1) is 12.8 Å². The number of carbonyl (C=O) groups excluding carboxylic acids is 2. The van der Waals surface area contributed by atoms with Gasteiger partial charge in [-0.05, 0) is 30.3 Å². The molecule has 2 N–H and O–H groups in total. The highest BCUT2D eigenvalue weighted by molar-refractivity contribution is 6.04. The number of methoxy groups -OCH3 is 1. The Labute approximate surface area is 168 Å². The lowest BCUT2D eigenvalue weighted by atomic mass is 10.1. The highest BCUT2D eigenvalue weighted by atomic mass is 16.5. The number of likely N-dealkylation sites (N-methyl/N-ethyl adjacent to an activating group) is 1. The third kappa shape index (κ3) is 4.92. The van der Waals surface area contributed by atoms with Gasteiger partial charge in [0.2, 0.25) is 0 Å². The predicted octanol–water partition coefficient (Wildman–Crippen LogP) is 2.80. The molecular weight excluding hydrogens is 372 g/mol. The molecule has 0 saturated carbocycles. The third-order valence-corrected chi connectivity index (χ3v) is 4.17. The Bertz CT molecular complexity index is 1010. The van der Waals surface area contributed by atoms with Crippen LogP contribution in [0.15, 0.2) is 54.6 Å². The molecule has 29 heavy (non-hydrogen) atoms. The van der Waals surface area contributed by atoms with E-state index in [1.54, 1.807) is 51.5 Å². The number of amides is 2. The van der Waals surface area contributed by atoms with E-state index in [1.807, 2.05) is 24.3 Å². The van der Waals surface area contributed by atoms with Gasteiger partial charge in [-0.15, -0.1) is 0 Å². The molecule has 3 rings (SSSR count). The molecule has 1 heterocycles. The minimum Gasteiger partial charge on any atom is -0.496 e. The van der Waals surface area contributed by atoms with Crippen LogP contribution in [0.3, 0.4) is 0 Å². The van der Waals surface area contributed by atoms with Gasteiger partial charge in [0.1, 0.15) is 11.5 Å². The molecule has 0 radical (unpaired) electrons. The summed E-state index contributed by atoms with van der Waals surface area (Å²) in [5.41, 5.74) is 1.95. The van der Waals surface area contributed by atoms with Crippen molar-refractivity contribution < 1.29 is 19.1 Å². The average molecular weight is 394 g/mol. The number of nitrogens with one attached hydrogen (secondary N) is 2. The first-order chi connectivity index (χ1) is 14.0. The molecule has 150 valence electrons. The van der Waals surface area contributed by atoms with Crippen LogP contribution < -0.4 is 14.8 Å². The van der Waals surface area contributed by atoms with Crippen molar-refractivity contribution in [3.05, 3.63) is 60.2 Å². The van der Waals surface area contributed by atoms with Crippen LogP contribution in [-0.2, 0) is 4.79 Å². The molecule has 8 heteroatoms. The Balaban J connectivity index is 1.69. The fraction of sp³-hybridized carbons (Fsp3) is 0.190. The summed E-state index contributed by atoms with van der Waals surface area (Å²) in [7, 11) is 4.90. The molecule has 1 aromatic heterocycles. The summed E-state index contributed by atoms with van der Waals surface area (Å²) in [6.45, 7) is -0.0975. The number of ether oxygens (including phenoxy) is 2. The molecule has 0 aliphatic heterocycles. The molecule has 0 bridgehead atoms. The van der Waals surface area contributed by atoms with E-state index in [-0.39, 0.29) is 18.4 Å². The topological polar surface area (TPSA) is 96.5 Å². The van der Waals surface area contributed by atoms with Gasteiger partial charge < -0.3 is 19.7 Å². The summed E-state index contributed by atoms with van der Waals surface area (Å²) in [5, 5.41) is 9.78. The van der Waals surface area contributed by atoms with Gasteiger partial charge in [-0.25, -0.2) is 0 Å². The second-order valence-electron chi connectivity index (χ2n) is 6.43. The summed E-state index contributed by atoms with van der Waals surface area (Å²) in [5.74, 6) is 1.01. The van der Waals surface area contributed by atoms with E-state index >= 15 is 0 Å². The van der Waals surface area contributed by atoms with E-state index in [0.717, 1.165) is 11.3 Å². The second-order valence-corrected chi connectivity index (χ2v) is 6.43. The molecule has 0 saturated heterocycles. The minimum absolute atomic E-state index is 0.0975. The fourth-order valence-corrected chi connectivity index (χ4v) is 2.58. The molecular formula is C21H22N4O4. The number of H-pyrrole nitrogens is 1. The smallest absolute Gasteiger partial charge is 0.259 e. The predicted molar refractivity (Wildman–Crippen MR) is 109 cm³/mol. The van der Waals surface area contributed by atoms with Crippen molar-refractivity contribution in [1.29, 1.82) is 0 Å². The number of aromatic nitrogens is 2. The summed E-state index contributed by atoms with van der Waals surface area (Å²) >= 11 is 0. The van der Waals surface area contributed by atoms with Crippen LogP contribution in [0.1, 0.15) is 10.4 Å². The number of hydrogen-bond acceptors (Lipinski definition) is 5. The number of benzene rings is 2. The van der Waals surface area contributed by atoms with Crippen molar-refractivity contribution in [3.8, 4) is 22.8 Å². The first-order valence-corrected chi connectivity index (χ1v) is 8.91. The lowest BCUT2D eigenvalue weighted by Crippen LogP contribution is -2.27. The van der Waals surface area contributed by atoms with Crippen molar-refractivity contribution in [2.75, 3.05) is 33.1 Å². The van der Waals surface area contributed by atoms with E-state index < -0.39 is 0 Å². The van der Waals surface area contributed by atoms with Crippen molar-refractivity contribution in [3.63, 3.8) is 0 Å². The maximum atomic E-state index is 12.6. The van der Waals surface area contributed by atoms with Gasteiger partial charge >= 0.3 is 0 Å². The molecule has 8 nitrogen and oxygen atoms in total. The molecule has 0 spiro atoms. The number of rotatable bonds is 7. The Morgan fingerprint density at radius 2 is 1.90 bits per heavy atom. The molecule has 0 aliphatic carbocycles. The lowest BCUT2D eigenvalue weighted by Gasteiger charge is -2.11. The van der Waals surface area contributed by atoms with Gasteiger partial charge in [-0.3, -0.25) is 14.7 Å². The van der Waals surface area contributed by atoms with E-state index in [4.69, 9.17) is 9.47 Å². The fourth-order valence-electron chi connectivity index (χ4n) is 2.58. The third-order valence-electron chi connectivity index (χ3n) is 4.17. The molecule has 3 aromatic rings. The van der Waals surface area contributed by atoms with Gasteiger partial charge in [-0.2, -0.15) is 5.10 Å². The number of hydrogen-bond donors (Lipinski definition) is 2. The van der Waals surface area contributed by atoms with E-state index in [9.17, 15) is 9.59 Å². The zero-order valence-electron chi connectivity index (χ0n) is 16.4. The highest BCUT2D eigenvalue weighted by Crippen LogP contribution is 2.29. The molecule has 2 aromatic carbocycles. The van der Waals surface area contributed by atoms with Crippen molar-refractivity contribution in [1.82, 2.24) is 15.1 Å². The quantitative estimate of drug-likeness (QED) is 0.642. The maximum Gasteiger partial charge on any atom is 0.259 e. The van der Waals surface area contributed by atoms with Crippen LogP contribution in [0.2, 0.25) is 0 Å². The largest absolute Gasteiger partial charge is 0.496 e. The summed E-state index contributed by atoms with van der Waals surface area (Å²) in [6.07, 6.45) is 0. The van der Waals surface area contributed by atoms with E-state index in [0.29, 0.717) is 22.9 Å². The van der Waals surface area contributed by atoms with Crippen molar-refractivity contribution >= 4 is 17.6 Å². The van der Waals surface area contributed by atoms with E-state index in [2.05, 4.69) is 15.5 Å². The number of para-hydroxylation sites is 1. The average Bonchev–Trinajstić information content (AvgIpc) is 3.20. The van der Waals surface area contributed by atoms with Crippen LogP contribution in [0.5, 0.6) is 11.5 Å². The Hall–Kier alpha value is -3.81. The Morgan fingerprint density at radius 3 is 2.66 bits per heavy atom.